The number of aromatic nitrogens is 2. The maximum atomic E-state index is 13.0. The van der Waals surface area contributed by atoms with Gasteiger partial charge in [-0.3, -0.25) is 4.90 Å². The lowest BCUT2D eigenvalue weighted by atomic mass is 10.1. The van der Waals surface area contributed by atoms with Crippen LogP contribution in [0.4, 0.5) is 23.4 Å². The lowest BCUT2D eigenvalue weighted by molar-refractivity contribution is -0.140. The average Bonchev–Trinajstić information content (AvgIpc) is 2.69. The summed E-state index contributed by atoms with van der Waals surface area (Å²) in [6, 6.07) is 10.4. The number of alkyl halides is 3. The highest BCUT2D eigenvalue weighted by Crippen LogP contribution is 2.31. The molecule has 0 atom stereocenters. The van der Waals surface area contributed by atoms with Crippen LogP contribution in [0.1, 0.15) is 11.3 Å². The Morgan fingerprint density at radius 2 is 1.61 bits per heavy atom. The van der Waals surface area contributed by atoms with Crippen molar-refractivity contribution in [1.82, 2.24) is 14.9 Å². The highest BCUT2D eigenvalue weighted by atomic mass is 19.4. The van der Waals surface area contributed by atoms with Crippen LogP contribution in [0.2, 0.25) is 0 Å². The van der Waals surface area contributed by atoms with Crippen molar-refractivity contribution in [3.63, 3.8) is 0 Å². The second-order valence-electron chi connectivity index (χ2n) is 6.79. The van der Waals surface area contributed by atoms with E-state index in [0.29, 0.717) is 24.3 Å². The topological polar surface area (TPSA) is 32.3 Å². The Morgan fingerprint density at radius 1 is 0.893 bits per heavy atom. The highest BCUT2D eigenvalue weighted by Gasteiger charge is 2.32. The Kier molecular flexibility index (Phi) is 4.89. The van der Waals surface area contributed by atoms with E-state index in [0.717, 1.165) is 31.3 Å². The van der Waals surface area contributed by atoms with Gasteiger partial charge in [-0.25, -0.2) is 14.4 Å². The Balaban J connectivity index is 1.48. The predicted octanol–water partition coefficient (Wildman–Crippen LogP) is 4.11. The fraction of sp³-hybridized carbons (Fsp3) is 0.300. The Labute approximate surface area is 159 Å². The molecule has 146 valence electrons. The molecule has 3 aromatic rings. The number of hydrogen-bond donors (Lipinski definition) is 0. The van der Waals surface area contributed by atoms with Gasteiger partial charge in [0.15, 0.2) is 0 Å². The third-order valence-electron chi connectivity index (χ3n) is 4.88. The maximum Gasteiger partial charge on any atom is 0.433 e. The molecule has 0 saturated carbocycles. The quantitative estimate of drug-likeness (QED) is 0.630. The summed E-state index contributed by atoms with van der Waals surface area (Å²) < 4.78 is 51.7. The lowest BCUT2D eigenvalue weighted by Crippen LogP contribution is -2.46. The first-order chi connectivity index (χ1) is 13.4. The van der Waals surface area contributed by atoms with Crippen LogP contribution in [0.15, 0.2) is 48.7 Å². The molecule has 0 radical (unpaired) electrons. The van der Waals surface area contributed by atoms with Gasteiger partial charge in [0.1, 0.15) is 17.3 Å². The Bertz CT molecular complexity index is 964. The minimum Gasteiger partial charge on any atom is -0.353 e. The number of benzene rings is 1. The molecule has 1 aliphatic rings. The summed E-state index contributed by atoms with van der Waals surface area (Å²) in [5.41, 5.74) is 0.428. The molecule has 1 aromatic carbocycles. The van der Waals surface area contributed by atoms with Gasteiger partial charge in [-0.1, -0.05) is 12.1 Å². The van der Waals surface area contributed by atoms with E-state index in [1.165, 1.54) is 30.5 Å². The van der Waals surface area contributed by atoms with Crippen molar-refractivity contribution in [2.24, 2.45) is 0 Å². The lowest BCUT2D eigenvalue weighted by Gasteiger charge is -2.35. The molecular weight excluding hydrogens is 372 g/mol. The van der Waals surface area contributed by atoms with Crippen LogP contribution in [-0.2, 0) is 12.7 Å². The largest absolute Gasteiger partial charge is 0.433 e. The Hall–Kier alpha value is -2.74. The maximum absolute atomic E-state index is 13.0. The van der Waals surface area contributed by atoms with Gasteiger partial charge in [-0.2, -0.15) is 13.2 Å². The van der Waals surface area contributed by atoms with Crippen molar-refractivity contribution in [1.29, 1.82) is 0 Å². The molecule has 3 heterocycles. The summed E-state index contributed by atoms with van der Waals surface area (Å²) in [7, 11) is 0. The molecule has 0 N–H and O–H groups in total. The van der Waals surface area contributed by atoms with Gasteiger partial charge in [0.25, 0.3) is 0 Å². The highest BCUT2D eigenvalue weighted by molar-refractivity contribution is 5.89. The van der Waals surface area contributed by atoms with E-state index in [1.807, 2.05) is 0 Å². The van der Waals surface area contributed by atoms with Crippen molar-refractivity contribution in [2.45, 2.75) is 12.7 Å². The zero-order valence-corrected chi connectivity index (χ0v) is 15.0. The normalized spacial score (nSPS) is 15.9. The zero-order valence-electron chi connectivity index (χ0n) is 15.0. The summed E-state index contributed by atoms with van der Waals surface area (Å²) >= 11 is 0. The third kappa shape index (κ3) is 3.91. The molecule has 4 rings (SSSR count). The second kappa shape index (κ2) is 7.35. The van der Waals surface area contributed by atoms with E-state index in [-0.39, 0.29) is 11.3 Å². The fourth-order valence-corrected chi connectivity index (χ4v) is 3.41. The number of pyridine rings is 2. The predicted molar refractivity (Wildman–Crippen MR) is 98.4 cm³/mol. The van der Waals surface area contributed by atoms with Gasteiger partial charge in [0.05, 0.1) is 5.52 Å². The standard InChI is InChI=1S/C20H18F4N4/c21-15-3-1-14(2-4-15)13-27-9-11-28(12-10-27)19-16-5-6-18(20(22,23)24)26-17(16)7-8-25-19/h1-8H,9-13H2. The zero-order chi connectivity index (χ0) is 19.7. The number of piperazine rings is 1. The van der Waals surface area contributed by atoms with E-state index in [1.54, 1.807) is 12.1 Å². The van der Waals surface area contributed by atoms with Gasteiger partial charge in [-0.15, -0.1) is 0 Å². The minimum absolute atomic E-state index is 0.252. The summed E-state index contributed by atoms with van der Waals surface area (Å²) in [5, 5.41) is 0.613. The SMILES string of the molecule is Fc1ccc(CN2CCN(c3nccc4nc(C(F)(F)F)ccc34)CC2)cc1. The molecule has 0 bridgehead atoms. The summed E-state index contributed by atoms with van der Waals surface area (Å²) in [6.07, 6.45) is -2.97. The van der Waals surface area contributed by atoms with Crippen LogP contribution >= 0.6 is 0 Å². The van der Waals surface area contributed by atoms with Crippen molar-refractivity contribution in [3.8, 4) is 0 Å². The molecule has 1 aliphatic heterocycles. The summed E-state index contributed by atoms with van der Waals surface area (Å²) in [5.74, 6) is 0.401. The van der Waals surface area contributed by atoms with Gasteiger partial charge in [0.2, 0.25) is 0 Å². The van der Waals surface area contributed by atoms with E-state index in [2.05, 4.69) is 19.8 Å². The van der Waals surface area contributed by atoms with Crippen LogP contribution in [0.25, 0.3) is 10.9 Å². The number of fused-ring (bicyclic) bond motifs is 1. The number of halogens is 4. The monoisotopic (exact) mass is 390 g/mol. The molecule has 0 aliphatic carbocycles. The smallest absolute Gasteiger partial charge is 0.353 e. The number of anilines is 1. The van der Waals surface area contributed by atoms with Crippen molar-refractivity contribution >= 4 is 16.7 Å². The van der Waals surface area contributed by atoms with Gasteiger partial charge < -0.3 is 4.90 Å². The van der Waals surface area contributed by atoms with E-state index >= 15 is 0 Å². The first kappa shape index (κ1) is 18.6. The average molecular weight is 390 g/mol. The van der Waals surface area contributed by atoms with Crippen LogP contribution in [-0.4, -0.2) is 41.0 Å². The summed E-state index contributed by atoms with van der Waals surface area (Å²) in [4.78, 5) is 12.5. The third-order valence-corrected chi connectivity index (χ3v) is 4.88. The van der Waals surface area contributed by atoms with E-state index in [4.69, 9.17) is 0 Å². The molecular formula is C20H18F4N4. The molecule has 8 heteroatoms. The van der Waals surface area contributed by atoms with Crippen molar-refractivity contribution < 1.29 is 17.6 Å². The minimum atomic E-state index is -4.47. The Morgan fingerprint density at radius 3 is 2.29 bits per heavy atom. The fourth-order valence-electron chi connectivity index (χ4n) is 3.41. The molecule has 4 nitrogen and oxygen atoms in total. The molecule has 2 aromatic heterocycles. The van der Waals surface area contributed by atoms with Gasteiger partial charge in [-0.05, 0) is 35.9 Å². The van der Waals surface area contributed by atoms with Crippen LogP contribution < -0.4 is 4.90 Å². The van der Waals surface area contributed by atoms with E-state index in [9.17, 15) is 17.6 Å². The number of hydrogen-bond acceptors (Lipinski definition) is 4. The second-order valence-corrected chi connectivity index (χ2v) is 6.79. The van der Waals surface area contributed by atoms with Crippen molar-refractivity contribution in [3.05, 3.63) is 65.7 Å². The first-order valence-corrected chi connectivity index (χ1v) is 8.95. The summed E-state index contributed by atoms with van der Waals surface area (Å²) in [6.45, 7) is 3.70. The molecule has 0 amide bonds. The van der Waals surface area contributed by atoms with Crippen LogP contribution in [0.3, 0.4) is 0 Å². The van der Waals surface area contributed by atoms with E-state index < -0.39 is 11.9 Å². The molecule has 0 spiro atoms. The molecule has 0 unspecified atom stereocenters. The molecule has 1 fully saturated rings. The molecule has 1 saturated heterocycles. The van der Waals surface area contributed by atoms with Gasteiger partial charge in [0, 0.05) is 44.3 Å². The number of rotatable bonds is 3. The number of nitrogens with zero attached hydrogens (tertiary/aromatic N) is 4. The first-order valence-electron chi connectivity index (χ1n) is 8.95. The van der Waals surface area contributed by atoms with Crippen LogP contribution in [0, 0.1) is 5.82 Å². The molecule has 28 heavy (non-hydrogen) atoms. The van der Waals surface area contributed by atoms with Crippen LogP contribution in [0.5, 0.6) is 0 Å². The van der Waals surface area contributed by atoms with Crippen molar-refractivity contribution in [2.75, 3.05) is 31.1 Å². The van der Waals surface area contributed by atoms with Gasteiger partial charge >= 0.3 is 6.18 Å².